The van der Waals surface area contributed by atoms with Crippen LogP contribution in [-0.4, -0.2) is 30.1 Å². The van der Waals surface area contributed by atoms with E-state index in [1.54, 1.807) is 6.92 Å². The minimum atomic E-state index is -1.46. The summed E-state index contributed by atoms with van der Waals surface area (Å²) in [5, 5.41) is 14.9. The molecule has 10 heteroatoms. The second-order valence-corrected chi connectivity index (χ2v) is 7.90. The van der Waals surface area contributed by atoms with Crippen LogP contribution in [0.4, 0.5) is 14.5 Å². The molecule has 1 aliphatic heterocycles. The minimum Gasteiger partial charge on any atom is -0.465 e. The van der Waals surface area contributed by atoms with Crippen LogP contribution in [0.25, 0.3) is 0 Å². The molecule has 0 aliphatic carbocycles. The number of amides is 2. The first-order valence-electron chi connectivity index (χ1n) is 9.90. The van der Waals surface area contributed by atoms with Gasteiger partial charge in [-0.1, -0.05) is 30.0 Å². The van der Waals surface area contributed by atoms with Gasteiger partial charge in [-0.3, -0.25) is 14.4 Å². The van der Waals surface area contributed by atoms with E-state index in [9.17, 15) is 28.4 Å². The second kappa shape index (κ2) is 10.7. The highest BCUT2D eigenvalue weighted by Gasteiger charge is 2.45. The van der Waals surface area contributed by atoms with Crippen LogP contribution in [-0.2, 0) is 19.1 Å². The van der Waals surface area contributed by atoms with E-state index < -0.39 is 41.3 Å². The van der Waals surface area contributed by atoms with Crippen molar-refractivity contribution in [2.24, 2.45) is 5.92 Å². The topological polar surface area (TPSA) is 108 Å². The molecule has 0 unspecified atom stereocenters. The molecule has 33 heavy (non-hydrogen) atoms. The summed E-state index contributed by atoms with van der Waals surface area (Å²) in [7, 11) is 0. The number of carbonyl (C=O) groups excluding carboxylic acids is 3. The predicted molar refractivity (Wildman–Crippen MR) is 118 cm³/mol. The van der Waals surface area contributed by atoms with Crippen molar-refractivity contribution in [2.75, 3.05) is 17.7 Å². The van der Waals surface area contributed by atoms with Gasteiger partial charge in [0, 0.05) is 11.6 Å². The van der Waals surface area contributed by atoms with Gasteiger partial charge < -0.3 is 15.4 Å². The van der Waals surface area contributed by atoms with Crippen LogP contribution in [0, 0.1) is 28.9 Å². The molecule has 170 valence electrons. The zero-order valence-corrected chi connectivity index (χ0v) is 18.2. The molecule has 7 nitrogen and oxygen atoms in total. The number of nitriles is 1. The first kappa shape index (κ1) is 23.9. The molecule has 0 saturated carbocycles. The molecule has 2 N–H and O–H groups in total. The quantitative estimate of drug-likeness (QED) is 0.473. The Morgan fingerprint density at radius 3 is 2.52 bits per heavy atom. The third kappa shape index (κ3) is 5.56. The SMILES string of the molecule is CCOC(=O)[C@H]1C(=O)NC(SCC(=O)Nc2ccc(F)cc2)=C(C#N)[C@H]1c1ccccc1F. The number of nitrogens with zero attached hydrogens (tertiary/aromatic N) is 1. The van der Waals surface area contributed by atoms with E-state index >= 15 is 0 Å². The van der Waals surface area contributed by atoms with Crippen LogP contribution in [0.3, 0.4) is 0 Å². The number of nitrogens with one attached hydrogen (secondary N) is 2. The summed E-state index contributed by atoms with van der Waals surface area (Å²) in [5.41, 5.74) is 0.309. The van der Waals surface area contributed by atoms with E-state index in [2.05, 4.69) is 10.6 Å². The number of allylic oxidation sites excluding steroid dienone is 1. The summed E-state index contributed by atoms with van der Waals surface area (Å²) < 4.78 is 32.6. The summed E-state index contributed by atoms with van der Waals surface area (Å²) in [6.45, 7) is 1.57. The van der Waals surface area contributed by atoms with Crippen molar-refractivity contribution < 1.29 is 27.9 Å². The average molecular weight is 471 g/mol. The fourth-order valence-corrected chi connectivity index (χ4v) is 4.20. The summed E-state index contributed by atoms with van der Waals surface area (Å²) in [6.07, 6.45) is 0. The van der Waals surface area contributed by atoms with E-state index in [1.807, 2.05) is 6.07 Å². The van der Waals surface area contributed by atoms with Gasteiger partial charge in [-0.2, -0.15) is 5.26 Å². The third-order valence-corrected chi connectivity index (χ3v) is 5.80. The van der Waals surface area contributed by atoms with Crippen LogP contribution in [0.2, 0.25) is 0 Å². The largest absolute Gasteiger partial charge is 0.465 e. The number of ether oxygens (including phenoxy) is 1. The van der Waals surface area contributed by atoms with Gasteiger partial charge in [0.15, 0.2) is 0 Å². The van der Waals surface area contributed by atoms with Gasteiger partial charge in [0.1, 0.15) is 17.6 Å². The first-order chi connectivity index (χ1) is 15.8. The first-order valence-corrected chi connectivity index (χ1v) is 10.9. The molecule has 2 amide bonds. The lowest BCUT2D eigenvalue weighted by Crippen LogP contribution is -2.44. The number of anilines is 1. The summed E-state index contributed by atoms with van der Waals surface area (Å²) in [4.78, 5) is 37.6. The third-order valence-electron chi connectivity index (χ3n) is 4.79. The van der Waals surface area contributed by atoms with Crippen LogP contribution >= 0.6 is 11.8 Å². The van der Waals surface area contributed by atoms with Crippen molar-refractivity contribution >= 4 is 35.2 Å². The Bertz CT molecular complexity index is 1150. The Morgan fingerprint density at radius 1 is 1.18 bits per heavy atom. The highest BCUT2D eigenvalue weighted by atomic mass is 32.2. The Morgan fingerprint density at radius 2 is 1.88 bits per heavy atom. The fourth-order valence-electron chi connectivity index (χ4n) is 3.36. The van der Waals surface area contributed by atoms with Crippen molar-refractivity contribution in [3.05, 3.63) is 76.3 Å². The van der Waals surface area contributed by atoms with E-state index in [-0.39, 0.29) is 28.5 Å². The number of halogens is 2. The lowest BCUT2D eigenvalue weighted by atomic mass is 9.78. The number of thioether (sulfide) groups is 1. The molecular weight excluding hydrogens is 452 g/mol. The Labute approximate surface area is 192 Å². The standard InChI is InChI=1S/C23H19F2N3O4S/c1-2-32-23(31)20-19(15-5-3-4-6-17(15)25)16(11-26)22(28-21(20)30)33-12-18(29)27-14-9-7-13(24)8-10-14/h3-10,19-20H,2,12H2,1H3,(H,27,29)(H,28,30)/t19-,20-/m1/s1. The second-order valence-electron chi connectivity index (χ2n) is 6.92. The van der Waals surface area contributed by atoms with Crippen molar-refractivity contribution in [1.29, 1.82) is 5.26 Å². The van der Waals surface area contributed by atoms with E-state index in [1.165, 1.54) is 48.5 Å². The summed E-state index contributed by atoms with van der Waals surface area (Å²) >= 11 is 0.860. The number of esters is 1. The number of hydrogen-bond donors (Lipinski definition) is 2. The molecule has 2 atom stereocenters. The zero-order chi connectivity index (χ0) is 24.0. The van der Waals surface area contributed by atoms with E-state index in [4.69, 9.17) is 4.74 Å². The maximum atomic E-state index is 14.6. The number of benzene rings is 2. The van der Waals surface area contributed by atoms with Gasteiger partial charge >= 0.3 is 5.97 Å². The number of hydrogen-bond acceptors (Lipinski definition) is 6. The highest BCUT2D eigenvalue weighted by molar-refractivity contribution is 8.03. The Kier molecular flexibility index (Phi) is 7.79. The number of rotatable bonds is 7. The van der Waals surface area contributed by atoms with Crippen molar-refractivity contribution in [2.45, 2.75) is 12.8 Å². The van der Waals surface area contributed by atoms with Gasteiger partial charge in [0.25, 0.3) is 0 Å². The molecule has 0 radical (unpaired) electrons. The molecule has 2 aromatic rings. The Hall–Kier alpha value is -3.71. The molecule has 0 aromatic heterocycles. The van der Waals surface area contributed by atoms with Gasteiger partial charge in [0.2, 0.25) is 11.8 Å². The van der Waals surface area contributed by atoms with E-state index in [0.29, 0.717) is 5.69 Å². The lowest BCUT2D eigenvalue weighted by molar-refractivity contribution is -0.152. The van der Waals surface area contributed by atoms with Crippen LogP contribution in [0.5, 0.6) is 0 Å². The summed E-state index contributed by atoms with van der Waals surface area (Å²) in [6, 6.07) is 12.7. The maximum absolute atomic E-state index is 14.6. The molecule has 0 saturated heterocycles. The average Bonchev–Trinajstić information content (AvgIpc) is 2.79. The smallest absolute Gasteiger partial charge is 0.319 e. The zero-order valence-electron chi connectivity index (χ0n) is 17.4. The predicted octanol–water partition coefficient (Wildman–Crippen LogP) is 3.46. The fraction of sp³-hybridized carbons (Fsp3) is 0.217. The monoisotopic (exact) mass is 471 g/mol. The van der Waals surface area contributed by atoms with Gasteiger partial charge in [-0.15, -0.1) is 0 Å². The van der Waals surface area contributed by atoms with E-state index in [0.717, 1.165) is 11.8 Å². The Balaban J connectivity index is 1.90. The molecule has 0 bridgehead atoms. The maximum Gasteiger partial charge on any atom is 0.319 e. The van der Waals surface area contributed by atoms with Crippen molar-refractivity contribution in [3.63, 3.8) is 0 Å². The molecular formula is C23H19F2N3O4S. The molecule has 0 fully saturated rings. The van der Waals surface area contributed by atoms with Crippen molar-refractivity contribution in [1.82, 2.24) is 5.32 Å². The molecule has 1 heterocycles. The normalized spacial score (nSPS) is 17.7. The van der Waals surface area contributed by atoms with Crippen LogP contribution in [0.15, 0.2) is 59.1 Å². The lowest BCUT2D eigenvalue weighted by Gasteiger charge is -2.31. The molecule has 0 spiro atoms. The van der Waals surface area contributed by atoms with Crippen molar-refractivity contribution in [3.8, 4) is 6.07 Å². The van der Waals surface area contributed by atoms with Crippen LogP contribution in [0.1, 0.15) is 18.4 Å². The number of carbonyl (C=O) groups is 3. The van der Waals surface area contributed by atoms with Crippen LogP contribution < -0.4 is 10.6 Å². The van der Waals surface area contributed by atoms with Gasteiger partial charge in [0.05, 0.1) is 29.0 Å². The minimum absolute atomic E-state index is 0.00334. The van der Waals surface area contributed by atoms with Gasteiger partial charge in [-0.25, -0.2) is 8.78 Å². The molecule has 2 aromatic carbocycles. The molecule has 1 aliphatic rings. The molecule has 3 rings (SSSR count). The van der Waals surface area contributed by atoms with Gasteiger partial charge in [-0.05, 0) is 42.8 Å². The highest BCUT2D eigenvalue weighted by Crippen LogP contribution is 2.41. The summed E-state index contributed by atoms with van der Waals surface area (Å²) in [5.74, 6) is -6.13.